The van der Waals surface area contributed by atoms with Crippen molar-refractivity contribution in [1.29, 1.82) is 0 Å². The van der Waals surface area contributed by atoms with E-state index in [-0.39, 0.29) is 24.6 Å². The third-order valence-corrected chi connectivity index (χ3v) is 9.26. The minimum atomic E-state index is -1.56. The van der Waals surface area contributed by atoms with Crippen LogP contribution in [0, 0.1) is 0 Å². The molecule has 0 aliphatic carbocycles. The summed E-state index contributed by atoms with van der Waals surface area (Å²) in [4.78, 5) is 82.1. The van der Waals surface area contributed by atoms with Crippen molar-refractivity contribution < 1.29 is 33.9 Å². The molecule has 2 aromatic carbocycles. The first-order valence-electron chi connectivity index (χ1n) is 15.4. The van der Waals surface area contributed by atoms with E-state index in [1.807, 2.05) is 31.2 Å². The monoisotopic (exact) mass is 664 g/mol. The average molecular weight is 665 g/mol. The molecule has 5 amide bonds. The molecular weight excluding hydrogens is 624 g/mol. The molecular formula is C33H40N6O7S. The first kappa shape index (κ1) is 35.0. The average Bonchev–Trinajstić information content (AvgIpc) is 3.64. The van der Waals surface area contributed by atoms with Crippen molar-refractivity contribution in [3.05, 3.63) is 71.9 Å². The lowest BCUT2D eigenvalue weighted by Crippen LogP contribution is -2.59. The number of carbonyl (C=O) groups excluding carboxylic acids is 5. The zero-order valence-corrected chi connectivity index (χ0v) is 27.0. The van der Waals surface area contributed by atoms with Gasteiger partial charge in [-0.05, 0) is 29.4 Å². The molecule has 13 nitrogen and oxygen atoms in total. The molecule has 1 aliphatic rings. The van der Waals surface area contributed by atoms with Gasteiger partial charge in [-0.25, -0.2) is 0 Å². The van der Waals surface area contributed by atoms with Crippen molar-refractivity contribution in [3.8, 4) is 0 Å². The summed E-state index contributed by atoms with van der Waals surface area (Å²) in [5.41, 5.74) is 7.95. The molecule has 1 aromatic heterocycles. The number of carboxylic acid groups (broad SMARTS) is 1. The van der Waals surface area contributed by atoms with E-state index >= 15 is 0 Å². The van der Waals surface area contributed by atoms with Gasteiger partial charge in [0, 0.05) is 48.7 Å². The topological polar surface area (TPSA) is 204 Å². The van der Waals surface area contributed by atoms with Gasteiger partial charge in [0.25, 0.3) is 0 Å². The van der Waals surface area contributed by atoms with Crippen molar-refractivity contribution in [2.24, 2.45) is 5.73 Å². The van der Waals surface area contributed by atoms with Crippen molar-refractivity contribution >= 4 is 58.2 Å². The number of fused-ring (bicyclic) bond motifs is 1. The van der Waals surface area contributed by atoms with Crippen molar-refractivity contribution in [2.75, 3.05) is 12.3 Å². The van der Waals surface area contributed by atoms with E-state index in [0.29, 0.717) is 12.2 Å². The molecule has 4 rings (SSSR count). The van der Waals surface area contributed by atoms with Gasteiger partial charge in [-0.15, -0.1) is 0 Å². The van der Waals surface area contributed by atoms with Gasteiger partial charge < -0.3 is 36.7 Å². The maximum absolute atomic E-state index is 14.1. The first-order chi connectivity index (χ1) is 22.5. The van der Waals surface area contributed by atoms with Gasteiger partial charge in [0.1, 0.15) is 24.2 Å². The van der Waals surface area contributed by atoms with Gasteiger partial charge in [-0.1, -0.05) is 55.5 Å². The molecule has 0 unspecified atom stereocenters. The van der Waals surface area contributed by atoms with E-state index in [1.165, 1.54) is 23.6 Å². The number of hydrogen-bond donors (Lipinski definition) is 6. The number of nitrogens with zero attached hydrogens (tertiary/aromatic N) is 1. The molecule has 14 heteroatoms. The number of rotatable bonds is 15. The number of carbonyl (C=O) groups is 6. The highest BCUT2D eigenvalue weighted by Crippen LogP contribution is 2.30. The van der Waals surface area contributed by atoms with Crippen LogP contribution in [0.4, 0.5) is 0 Å². The summed E-state index contributed by atoms with van der Waals surface area (Å²) in [6.45, 7) is 3.44. The van der Waals surface area contributed by atoms with Crippen LogP contribution >= 0.6 is 11.8 Å². The highest BCUT2D eigenvalue weighted by atomic mass is 32.2. The molecule has 0 saturated carbocycles. The Morgan fingerprint density at radius 3 is 2.32 bits per heavy atom. The lowest BCUT2D eigenvalue weighted by Gasteiger charge is -2.31. The van der Waals surface area contributed by atoms with Crippen molar-refractivity contribution in [3.63, 3.8) is 0 Å². The van der Waals surface area contributed by atoms with Crippen LogP contribution in [0.2, 0.25) is 0 Å². The Labute approximate surface area is 276 Å². The number of nitrogens with two attached hydrogens (primary N) is 1. The minimum Gasteiger partial charge on any atom is -0.481 e. The predicted molar refractivity (Wildman–Crippen MR) is 177 cm³/mol. The summed E-state index contributed by atoms with van der Waals surface area (Å²) in [5, 5.41) is 17.9. The van der Waals surface area contributed by atoms with Crippen LogP contribution in [-0.4, -0.2) is 92.2 Å². The summed E-state index contributed by atoms with van der Waals surface area (Å²) in [5.74, 6) is -4.04. The number of nitrogens with one attached hydrogen (secondary N) is 4. The largest absolute Gasteiger partial charge is 0.481 e. The van der Waals surface area contributed by atoms with Gasteiger partial charge in [-0.3, -0.25) is 28.8 Å². The number of aliphatic carboxylic acids is 1. The zero-order chi connectivity index (χ0) is 34.1. The number of H-pyrrole nitrogens is 1. The highest BCUT2D eigenvalue weighted by Gasteiger charge is 2.45. The first-order valence-corrected chi connectivity index (χ1v) is 16.4. The second-order valence-electron chi connectivity index (χ2n) is 11.4. The second-order valence-corrected chi connectivity index (χ2v) is 12.9. The Morgan fingerprint density at radius 2 is 1.66 bits per heavy atom. The van der Waals surface area contributed by atoms with Gasteiger partial charge >= 0.3 is 5.97 Å². The van der Waals surface area contributed by atoms with Gasteiger partial charge in [0.15, 0.2) is 0 Å². The maximum Gasteiger partial charge on any atom is 0.305 e. The molecule has 47 heavy (non-hydrogen) atoms. The minimum absolute atomic E-state index is 0.0662. The summed E-state index contributed by atoms with van der Waals surface area (Å²) in [6, 6.07) is 11.6. The van der Waals surface area contributed by atoms with Gasteiger partial charge in [0.2, 0.25) is 29.5 Å². The number of primary amides is 1. The van der Waals surface area contributed by atoms with E-state index < -0.39 is 66.1 Å². The normalized spacial score (nSPS) is 17.8. The van der Waals surface area contributed by atoms with Crippen LogP contribution in [-0.2, 0) is 41.6 Å². The molecule has 3 aromatic rings. The van der Waals surface area contributed by atoms with Crippen LogP contribution in [0.5, 0.6) is 0 Å². The fourth-order valence-electron chi connectivity index (χ4n) is 5.86. The Kier molecular flexibility index (Phi) is 12.0. The molecule has 5 atom stereocenters. The van der Waals surface area contributed by atoms with Crippen LogP contribution in [0.3, 0.4) is 0 Å². The lowest BCUT2D eigenvalue weighted by atomic mass is 10.0. The molecule has 1 aliphatic heterocycles. The standard InChI is InChI=1S/C33H40N6O7S/c1-3-47-27-13-14-39(33(46)26(36-19(2)40)16-21-18-35-23-12-8-7-11-22(21)23)29(27)32(45)38-25(17-28(41)42)31(44)37-24(30(34)43)15-20-9-5-4-6-10-20/h4-12,18,24-27,29,35H,3,13-17H2,1-2H3,(H2,34,43)(H,36,40)(H,37,44)(H,38,45)(H,41,42)/t24-,25-,26-,27+,29-/m0/s1. The quantitative estimate of drug-likeness (QED) is 0.139. The number of likely N-dealkylation sites (tertiary alicyclic amines) is 1. The molecule has 0 spiro atoms. The molecule has 0 bridgehead atoms. The summed E-state index contributed by atoms with van der Waals surface area (Å²) < 4.78 is 0. The Morgan fingerprint density at radius 1 is 0.957 bits per heavy atom. The van der Waals surface area contributed by atoms with Crippen LogP contribution < -0.4 is 21.7 Å². The SMILES string of the molecule is CCS[C@@H]1CCN(C(=O)[C@H](Cc2c[nH]c3ccccc23)NC(C)=O)[C@@H]1C(=O)N[C@@H](CC(=O)O)C(=O)N[C@@H](Cc1ccccc1)C(N)=O. The summed E-state index contributed by atoms with van der Waals surface area (Å²) in [6.07, 6.45) is 1.72. The Balaban J connectivity index is 1.56. The Hall–Kier alpha value is -4.85. The number of carboxylic acids is 1. The number of para-hydroxylation sites is 1. The fraction of sp³-hybridized carbons (Fsp3) is 0.394. The molecule has 7 N–H and O–H groups in total. The predicted octanol–water partition coefficient (Wildman–Crippen LogP) is 1.11. The summed E-state index contributed by atoms with van der Waals surface area (Å²) >= 11 is 1.47. The molecule has 0 radical (unpaired) electrons. The van der Waals surface area contributed by atoms with Crippen molar-refractivity contribution in [1.82, 2.24) is 25.8 Å². The maximum atomic E-state index is 14.1. The van der Waals surface area contributed by atoms with E-state index in [1.54, 1.807) is 36.5 Å². The number of thioether (sulfide) groups is 1. The lowest BCUT2D eigenvalue weighted by molar-refractivity contribution is -0.143. The fourth-order valence-corrected chi connectivity index (χ4v) is 7.02. The van der Waals surface area contributed by atoms with Gasteiger partial charge in [-0.2, -0.15) is 11.8 Å². The van der Waals surface area contributed by atoms with E-state index in [2.05, 4.69) is 20.9 Å². The van der Waals surface area contributed by atoms with Crippen LogP contribution in [0.15, 0.2) is 60.8 Å². The van der Waals surface area contributed by atoms with E-state index in [9.17, 15) is 33.9 Å². The third-order valence-electron chi connectivity index (χ3n) is 8.00. The smallest absolute Gasteiger partial charge is 0.305 e. The number of amides is 5. The number of aromatic amines is 1. The molecule has 2 heterocycles. The number of aromatic nitrogens is 1. The second kappa shape index (κ2) is 16.1. The van der Waals surface area contributed by atoms with Crippen LogP contribution in [0.1, 0.15) is 37.8 Å². The Bertz CT molecular complexity index is 1610. The van der Waals surface area contributed by atoms with Gasteiger partial charge in [0.05, 0.1) is 6.42 Å². The third kappa shape index (κ3) is 9.12. The van der Waals surface area contributed by atoms with Crippen LogP contribution in [0.25, 0.3) is 10.9 Å². The highest BCUT2D eigenvalue weighted by molar-refractivity contribution is 7.99. The zero-order valence-electron chi connectivity index (χ0n) is 26.2. The van der Waals surface area contributed by atoms with E-state index in [0.717, 1.165) is 22.0 Å². The molecule has 1 saturated heterocycles. The molecule has 250 valence electrons. The number of benzene rings is 2. The number of hydrogen-bond acceptors (Lipinski definition) is 7. The molecule has 1 fully saturated rings. The van der Waals surface area contributed by atoms with Crippen molar-refractivity contribution in [2.45, 2.75) is 68.9 Å². The summed E-state index contributed by atoms with van der Waals surface area (Å²) in [7, 11) is 0. The van der Waals surface area contributed by atoms with E-state index in [4.69, 9.17) is 5.73 Å².